The highest BCUT2D eigenvalue weighted by Crippen LogP contribution is 2.15. The van der Waals surface area contributed by atoms with Gasteiger partial charge in [0.05, 0.1) is 6.54 Å². The first-order valence-electron chi connectivity index (χ1n) is 6.46. The summed E-state index contributed by atoms with van der Waals surface area (Å²) in [5, 5.41) is 14.2. The van der Waals surface area contributed by atoms with Crippen molar-refractivity contribution in [1.82, 2.24) is 0 Å². The van der Waals surface area contributed by atoms with Gasteiger partial charge >= 0.3 is 0 Å². The summed E-state index contributed by atoms with van der Waals surface area (Å²) >= 11 is 0. The van der Waals surface area contributed by atoms with E-state index >= 15 is 0 Å². The number of carbonyl (C=O) groups is 1. The van der Waals surface area contributed by atoms with E-state index in [-0.39, 0.29) is 19.1 Å². The van der Waals surface area contributed by atoms with Crippen molar-refractivity contribution in [1.29, 1.82) is 5.26 Å². The van der Waals surface area contributed by atoms with Crippen LogP contribution in [0.25, 0.3) is 0 Å². The molecule has 0 unspecified atom stereocenters. The van der Waals surface area contributed by atoms with Crippen LogP contribution < -0.4 is 15.4 Å². The third-order valence-corrected chi connectivity index (χ3v) is 2.67. The lowest BCUT2D eigenvalue weighted by molar-refractivity contribution is -0.114. The molecule has 106 valence electrons. The molecule has 0 heterocycles. The van der Waals surface area contributed by atoms with Gasteiger partial charge in [0.25, 0.3) is 0 Å². The maximum atomic E-state index is 11.8. The summed E-state index contributed by atoms with van der Waals surface area (Å²) in [5.41, 5.74) is 1.58. The smallest absolute Gasteiger partial charge is 0.243 e. The zero-order chi connectivity index (χ0) is 14.9. The van der Waals surface area contributed by atoms with Crippen molar-refractivity contribution >= 4 is 17.3 Å². The van der Waals surface area contributed by atoms with Crippen molar-refractivity contribution in [2.75, 3.05) is 23.8 Å². The molecule has 2 rings (SSSR count). The van der Waals surface area contributed by atoms with Crippen LogP contribution in [0.5, 0.6) is 5.75 Å². The Morgan fingerprint density at radius 1 is 1.05 bits per heavy atom. The molecule has 0 aliphatic heterocycles. The van der Waals surface area contributed by atoms with Gasteiger partial charge in [-0.05, 0) is 36.4 Å². The Hall–Kier alpha value is -3.00. The zero-order valence-electron chi connectivity index (χ0n) is 11.4. The molecule has 0 saturated carbocycles. The van der Waals surface area contributed by atoms with Gasteiger partial charge in [-0.3, -0.25) is 4.79 Å². The molecule has 21 heavy (non-hydrogen) atoms. The van der Waals surface area contributed by atoms with Gasteiger partial charge in [0, 0.05) is 11.4 Å². The van der Waals surface area contributed by atoms with Crippen molar-refractivity contribution in [3.63, 3.8) is 0 Å². The van der Waals surface area contributed by atoms with E-state index in [2.05, 4.69) is 10.6 Å². The fourth-order valence-electron chi connectivity index (χ4n) is 1.69. The predicted octanol–water partition coefficient (Wildman–Crippen LogP) is 2.64. The lowest BCUT2D eigenvalue weighted by Gasteiger charge is -2.08. The molecule has 0 radical (unpaired) electrons. The molecule has 2 aromatic rings. The number of rotatable bonds is 6. The highest BCUT2D eigenvalue weighted by Gasteiger charge is 2.02. The van der Waals surface area contributed by atoms with Crippen molar-refractivity contribution < 1.29 is 9.53 Å². The quantitative estimate of drug-likeness (QED) is 0.853. The summed E-state index contributed by atoms with van der Waals surface area (Å²) in [6, 6.07) is 18.3. The molecule has 0 fully saturated rings. The van der Waals surface area contributed by atoms with Crippen LogP contribution in [0.2, 0.25) is 0 Å². The summed E-state index contributed by atoms with van der Waals surface area (Å²) in [7, 11) is 0. The van der Waals surface area contributed by atoms with E-state index in [9.17, 15) is 4.79 Å². The minimum absolute atomic E-state index is 0.00665. The largest absolute Gasteiger partial charge is 0.479 e. The molecule has 5 heteroatoms. The summed E-state index contributed by atoms with van der Waals surface area (Å²) in [6.07, 6.45) is 0. The Morgan fingerprint density at radius 3 is 2.43 bits per heavy atom. The lowest BCUT2D eigenvalue weighted by atomic mass is 10.3. The topological polar surface area (TPSA) is 74.1 Å². The van der Waals surface area contributed by atoms with E-state index in [1.165, 1.54) is 0 Å². The molecule has 0 atom stereocenters. The monoisotopic (exact) mass is 281 g/mol. The van der Waals surface area contributed by atoms with Gasteiger partial charge < -0.3 is 15.4 Å². The first kappa shape index (κ1) is 14.4. The van der Waals surface area contributed by atoms with Gasteiger partial charge in [0.15, 0.2) is 6.61 Å². The molecule has 2 aromatic carbocycles. The minimum Gasteiger partial charge on any atom is -0.479 e. The summed E-state index contributed by atoms with van der Waals surface area (Å²) in [5.74, 6) is 0.460. The zero-order valence-corrected chi connectivity index (χ0v) is 11.4. The molecular weight excluding hydrogens is 266 g/mol. The second-order valence-electron chi connectivity index (χ2n) is 4.24. The van der Waals surface area contributed by atoms with Crippen LogP contribution in [0.3, 0.4) is 0 Å². The Labute approximate surface area is 123 Å². The number of hydrogen-bond donors (Lipinski definition) is 2. The maximum absolute atomic E-state index is 11.8. The number of anilines is 2. The van der Waals surface area contributed by atoms with Crippen molar-refractivity contribution in [3.8, 4) is 11.8 Å². The molecule has 0 aromatic heterocycles. The molecule has 1 amide bonds. The number of amides is 1. The Morgan fingerprint density at radius 2 is 1.76 bits per heavy atom. The fourth-order valence-corrected chi connectivity index (χ4v) is 1.69. The van der Waals surface area contributed by atoms with Crippen LogP contribution in [0.15, 0.2) is 54.6 Å². The number of nitriles is 1. The summed E-state index contributed by atoms with van der Waals surface area (Å²) in [4.78, 5) is 11.8. The first-order chi connectivity index (χ1) is 10.3. The number of para-hydroxylation sites is 1. The Balaban J connectivity index is 1.81. The average Bonchev–Trinajstić information content (AvgIpc) is 2.53. The molecule has 2 N–H and O–H groups in total. The first-order valence-corrected chi connectivity index (χ1v) is 6.46. The van der Waals surface area contributed by atoms with Crippen LogP contribution in [0, 0.1) is 11.3 Å². The van der Waals surface area contributed by atoms with Crippen molar-refractivity contribution in [3.05, 3.63) is 54.6 Å². The van der Waals surface area contributed by atoms with E-state index in [0.29, 0.717) is 11.4 Å². The normalized spacial score (nSPS) is 9.48. The van der Waals surface area contributed by atoms with E-state index in [1.54, 1.807) is 24.3 Å². The second-order valence-corrected chi connectivity index (χ2v) is 4.24. The highest BCUT2D eigenvalue weighted by atomic mass is 16.5. The molecule has 0 aliphatic rings. The fraction of sp³-hybridized carbons (Fsp3) is 0.125. The predicted molar refractivity (Wildman–Crippen MR) is 81.1 cm³/mol. The van der Waals surface area contributed by atoms with Crippen LogP contribution in [-0.2, 0) is 4.79 Å². The number of hydrogen-bond acceptors (Lipinski definition) is 4. The molecule has 0 spiro atoms. The molecule has 0 aliphatic carbocycles. The molecule has 0 bridgehead atoms. The van der Waals surface area contributed by atoms with E-state index < -0.39 is 0 Å². The average molecular weight is 281 g/mol. The maximum Gasteiger partial charge on any atom is 0.243 e. The van der Waals surface area contributed by atoms with Crippen LogP contribution in [0.1, 0.15) is 0 Å². The highest BCUT2D eigenvalue weighted by molar-refractivity contribution is 5.93. The number of carbonyl (C=O) groups excluding carboxylic acids is 1. The summed E-state index contributed by atoms with van der Waals surface area (Å²) in [6.45, 7) is 0.198. The second kappa shape index (κ2) is 7.56. The van der Waals surface area contributed by atoms with Crippen LogP contribution >= 0.6 is 0 Å². The van der Waals surface area contributed by atoms with Crippen LogP contribution in [0.4, 0.5) is 11.4 Å². The van der Waals surface area contributed by atoms with Gasteiger partial charge in [-0.1, -0.05) is 18.2 Å². The van der Waals surface area contributed by atoms with Crippen molar-refractivity contribution in [2.45, 2.75) is 0 Å². The number of nitrogens with zero attached hydrogens (tertiary/aromatic N) is 1. The lowest BCUT2D eigenvalue weighted by Crippen LogP contribution is -2.21. The third-order valence-electron chi connectivity index (χ3n) is 2.67. The van der Waals surface area contributed by atoms with Gasteiger partial charge in [0.1, 0.15) is 11.8 Å². The van der Waals surface area contributed by atoms with Gasteiger partial charge in [-0.2, -0.15) is 5.26 Å². The van der Waals surface area contributed by atoms with E-state index in [0.717, 1.165) is 5.69 Å². The van der Waals surface area contributed by atoms with Gasteiger partial charge in [-0.15, -0.1) is 0 Å². The van der Waals surface area contributed by atoms with E-state index in [1.807, 2.05) is 36.4 Å². The Kier molecular flexibility index (Phi) is 5.18. The van der Waals surface area contributed by atoms with Gasteiger partial charge in [-0.25, -0.2) is 0 Å². The number of ether oxygens (including phenoxy) is 1. The van der Waals surface area contributed by atoms with Crippen molar-refractivity contribution in [2.24, 2.45) is 0 Å². The van der Waals surface area contributed by atoms with E-state index in [4.69, 9.17) is 10.00 Å². The molecular formula is C16H15N3O2. The molecule has 0 saturated heterocycles. The minimum atomic E-state index is -0.135. The van der Waals surface area contributed by atoms with Gasteiger partial charge in [0.2, 0.25) is 5.91 Å². The summed E-state index contributed by atoms with van der Waals surface area (Å²) < 4.78 is 5.13. The number of benzene rings is 2. The SMILES string of the molecule is N#CCOc1ccc(NC(=O)CNc2ccccc2)cc1. The Bertz CT molecular complexity index is 618. The number of nitrogens with one attached hydrogen (secondary N) is 2. The standard InChI is InChI=1S/C16H15N3O2/c17-10-11-21-15-8-6-14(7-9-15)19-16(20)12-18-13-4-2-1-3-5-13/h1-9,18H,11-12H2,(H,19,20). The van der Waals surface area contributed by atoms with Crippen LogP contribution in [-0.4, -0.2) is 19.1 Å². The third kappa shape index (κ3) is 4.88. The molecule has 5 nitrogen and oxygen atoms in total.